The van der Waals surface area contributed by atoms with Crippen molar-refractivity contribution in [3.05, 3.63) is 125 Å². The number of rotatable bonds is 10. The molecule has 2 aliphatic rings. The van der Waals surface area contributed by atoms with Gasteiger partial charge in [-0.15, -0.1) is 0 Å². The lowest BCUT2D eigenvalue weighted by Crippen LogP contribution is -2.39. The number of likely N-dealkylation sites (tertiary alicyclic amines) is 1. The van der Waals surface area contributed by atoms with Crippen LogP contribution < -0.4 is 5.32 Å². The molecule has 2 aliphatic heterocycles. The number of nitrogens with one attached hydrogen (secondary N) is 1. The maximum Gasteiger partial charge on any atom is 0.416 e. The molecule has 13 nitrogen and oxygen atoms in total. The molecule has 0 aliphatic carbocycles. The molecule has 2 fully saturated rings. The molecule has 0 saturated carbocycles. The summed E-state index contributed by atoms with van der Waals surface area (Å²) in [5, 5.41) is 13.8. The van der Waals surface area contributed by atoms with Crippen LogP contribution in [-0.4, -0.2) is 93.3 Å². The normalized spacial score (nSPS) is 14.5. The van der Waals surface area contributed by atoms with Gasteiger partial charge < -0.3 is 33.9 Å². The average Bonchev–Trinajstić information content (AvgIpc) is 3.85. The van der Waals surface area contributed by atoms with Crippen molar-refractivity contribution in [3.8, 4) is 0 Å². The maximum absolute atomic E-state index is 13.3. The maximum atomic E-state index is 13.3. The number of alkyl halides is 6. The molecule has 1 amide bonds. The van der Waals surface area contributed by atoms with E-state index < -0.39 is 29.4 Å². The molecule has 23 heteroatoms. The molecule has 2 saturated heterocycles. The van der Waals surface area contributed by atoms with E-state index in [9.17, 15) is 50.6 Å². The fraction of sp³-hybridized carbons (Fsp3) is 0.423. The molecule has 2 aromatic carbocycles. The lowest BCUT2D eigenvalue weighted by Gasteiger charge is -2.31. The summed E-state index contributed by atoms with van der Waals surface area (Å²) in [5.41, 5.74) is 2.56. The fourth-order valence-corrected chi connectivity index (χ4v) is 10.5. The summed E-state index contributed by atoms with van der Waals surface area (Å²) in [7, 11) is 2.80. The highest BCUT2D eigenvalue weighted by Crippen LogP contribution is 2.39. The van der Waals surface area contributed by atoms with Crippen LogP contribution in [0.25, 0.3) is 21.8 Å². The Morgan fingerprint density at radius 3 is 1.44 bits per heavy atom. The summed E-state index contributed by atoms with van der Waals surface area (Å²) in [4.78, 5) is 56.4. The van der Waals surface area contributed by atoms with Crippen molar-refractivity contribution < 1.29 is 60.1 Å². The summed E-state index contributed by atoms with van der Waals surface area (Å²) >= 11 is 25.4. The van der Waals surface area contributed by atoms with E-state index in [1.54, 1.807) is 54.1 Å². The van der Waals surface area contributed by atoms with Crippen molar-refractivity contribution in [3.63, 3.8) is 0 Å². The van der Waals surface area contributed by atoms with Crippen molar-refractivity contribution >= 4 is 92.0 Å². The number of methoxy groups -OCH3 is 2. The van der Waals surface area contributed by atoms with Crippen LogP contribution in [0.1, 0.15) is 104 Å². The fourth-order valence-electron chi connectivity index (χ4n) is 9.38. The number of pyridine rings is 2. The lowest BCUT2D eigenvalue weighted by molar-refractivity contribution is -0.142. The SMILES string of the molecule is COC(=O)CC1CCN(C(=O)c2ncc(Cl)c(Cn3cc(C)c4cc(C(F)(F)F)cc(C)c43)c2Cl)CC1.COC(=O)CC1CCNCC1.Cc1cn(Cc2c(Cl)cnc(C(=O)O)c2Cl)c2c(C)cc(C(F)(F)F)cc12. The minimum Gasteiger partial charge on any atom is -0.476 e. The van der Waals surface area contributed by atoms with Crippen molar-refractivity contribution in [2.75, 3.05) is 40.4 Å². The molecule has 0 radical (unpaired) electrons. The number of piperidine rings is 2. The lowest BCUT2D eigenvalue weighted by atomic mass is 9.93. The van der Waals surface area contributed by atoms with Gasteiger partial charge in [0.25, 0.3) is 5.91 Å². The number of carboxylic acid groups (broad SMARTS) is 1. The molecule has 0 spiro atoms. The summed E-state index contributed by atoms with van der Waals surface area (Å²) in [6.07, 6.45) is 1.55. The second-order valence-corrected chi connectivity index (χ2v) is 20.1. The number of carboxylic acids is 1. The topological polar surface area (TPSA) is 158 Å². The van der Waals surface area contributed by atoms with E-state index in [1.807, 2.05) is 0 Å². The summed E-state index contributed by atoms with van der Waals surface area (Å²) < 4.78 is 92.2. The van der Waals surface area contributed by atoms with Gasteiger partial charge in [0.05, 0.1) is 69.6 Å². The van der Waals surface area contributed by atoms with Gasteiger partial charge in [-0.05, 0) is 125 Å². The number of halogens is 10. The number of aromatic nitrogens is 4. The van der Waals surface area contributed by atoms with E-state index >= 15 is 0 Å². The zero-order chi connectivity index (χ0) is 55.3. The predicted molar refractivity (Wildman–Crippen MR) is 274 cm³/mol. The number of nitrogens with zero attached hydrogens (tertiary/aromatic N) is 5. The highest BCUT2D eigenvalue weighted by Gasteiger charge is 2.34. The summed E-state index contributed by atoms with van der Waals surface area (Å²) in [6.45, 7) is 9.91. The molecule has 75 heavy (non-hydrogen) atoms. The first-order valence-corrected chi connectivity index (χ1v) is 25.1. The zero-order valence-corrected chi connectivity index (χ0v) is 44.7. The molecule has 0 unspecified atom stereocenters. The molecule has 0 atom stereocenters. The molecule has 4 aromatic heterocycles. The molecule has 404 valence electrons. The van der Waals surface area contributed by atoms with E-state index in [0.717, 1.165) is 50.2 Å². The Kier molecular flexibility index (Phi) is 19.2. The Bertz CT molecular complexity index is 3110. The second-order valence-electron chi connectivity index (χ2n) is 18.5. The van der Waals surface area contributed by atoms with E-state index in [2.05, 4.69) is 20.0 Å². The Balaban J connectivity index is 0.000000209. The summed E-state index contributed by atoms with van der Waals surface area (Å²) in [5.74, 6) is -1.28. The number of benzene rings is 2. The highest BCUT2D eigenvalue weighted by atomic mass is 35.5. The quantitative estimate of drug-likeness (QED) is 0.0999. The van der Waals surface area contributed by atoms with Crippen molar-refractivity contribution in [1.29, 1.82) is 0 Å². The monoisotopic (exact) mass is 1130 g/mol. The summed E-state index contributed by atoms with van der Waals surface area (Å²) in [6, 6.07) is 4.44. The standard InChI is InChI=1S/C26H26Cl2F3N3O3.C18H13Cl2F3N2O2.C8H15NO2/c1-14-8-17(26(29,30)31)10-18-15(2)12-34(24(14)18)13-19-20(27)11-32-23(22(19)28)25(36)33-6-4-16(5-7-33)9-21(35)37-3;1-8-3-10(18(21,22)23)4-11-9(2)6-25(16(8)11)7-12-13(19)5-24-15(14(12)20)17(26)27;1-11-8(10)6-7-2-4-9-5-3-7/h8,10-12,16H,4-7,9,13H2,1-3H3;3-6H,7H2,1-2H3,(H,26,27);7,9H,2-6H2,1H3. The number of ether oxygens (including phenoxy) is 2. The first kappa shape index (κ1) is 58.7. The zero-order valence-electron chi connectivity index (χ0n) is 41.7. The predicted octanol–water partition coefficient (Wildman–Crippen LogP) is 12.7. The number of esters is 2. The number of amides is 1. The van der Waals surface area contributed by atoms with Gasteiger partial charge in [-0.25, -0.2) is 14.8 Å². The van der Waals surface area contributed by atoms with Crippen LogP contribution in [0, 0.1) is 39.5 Å². The van der Waals surface area contributed by atoms with Gasteiger partial charge in [0.1, 0.15) is 5.69 Å². The number of aromatic carboxylic acids is 1. The van der Waals surface area contributed by atoms with E-state index in [4.69, 9.17) is 51.1 Å². The Morgan fingerprint density at radius 2 is 1.04 bits per heavy atom. The minimum absolute atomic E-state index is 0.0664. The van der Waals surface area contributed by atoms with E-state index in [-0.39, 0.29) is 68.3 Å². The Morgan fingerprint density at radius 1 is 0.640 bits per heavy atom. The van der Waals surface area contributed by atoms with Crippen molar-refractivity contribution in [1.82, 2.24) is 29.3 Å². The highest BCUT2D eigenvalue weighted by molar-refractivity contribution is 6.38. The molecule has 6 heterocycles. The van der Waals surface area contributed by atoms with Crippen LogP contribution in [0.15, 0.2) is 49.1 Å². The third-order valence-electron chi connectivity index (χ3n) is 13.3. The molecule has 6 aromatic rings. The number of carbonyl (C=O) groups is 4. The van der Waals surface area contributed by atoms with Crippen molar-refractivity contribution in [2.45, 2.75) is 91.7 Å². The van der Waals surface area contributed by atoms with Crippen LogP contribution in [0.2, 0.25) is 20.1 Å². The molecular weight excluding hydrogens is 1080 g/mol. The van der Waals surface area contributed by atoms with Gasteiger partial charge in [0.15, 0.2) is 5.69 Å². The number of aryl methyl sites for hydroxylation is 4. The van der Waals surface area contributed by atoms with Crippen molar-refractivity contribution in [2.24, 2.45) is 11.8 Å². The number of carbonyl (C=O) groups excluding carboxylic acids is 3. The van der Waals surface area contributed by atoms with E-state index in [1.165, 1.54) is 26.6 Å². The van der Waals surface area contributed by atoms with Gasteiger partial charge >= 0.3 is 30.3 Å². The molecule has 8 rings (SSSR count). The number of hydrogen-bond acceptors (Lipinski definition) is 9. The smallest absolute Gasteiger partial charge is 0.416 e. The van der Waals surface area contributed by atoms with Gasteiger partial charge in [0, 0.05) is 72.6 Å². The van der Waals surface area contributed by atoms with Crippen LogP contribution >= 0.6 is 46.4 Å². The minimum atomic E-state index is -4.45. The van der Waals surface area contributed by atoms with Gasteiger partial charge in [-0.1, -0.05) is 46.4 Å². The van der Waals surface area contributed by atoms with Crippen LogP contribution in [0.3, 0.4) is 0 Å². The van der Waals surface area contributed by atoms with Gasteiger partial charge in [-0.3, -0.25) is 14.4 Å². The van der Waals surface area contributed by atoms with Gasteiger partial charge in [-0.2, -0.15) is 26.3 Å². The first-order chi connectivity index (χ1) is 35.2. The molecule has 2 N–H and O–H groups in total. The molecule has 0 bridgehead atoms. The van der Waals surface area contributed by atoms with Crippen LogP contribution in [0.5, 0.6) is 0 Å². The number of hydrogen-bond donors (Lipinski definition) is 2. The van der Waals surface area contributed by atoms with E-state index in [0.29, 0.717) is 99.9 Å². The third kappa shape index (κ3) is 14.1. The second kappa shape index (κ2) is 24.6. The average molecular weight is 1130 g/mol. The van der Waals surface area contributed by atoms with Crippen LogP contribution in [0.4, 0.5) is 26.3 Å². The third-order valence-corrected chi connectivity index (χ3v) is 14.8. The largest absolute Gasteiger partial charge is 0.476 e. The van der Waals surface area contributed by atoms with Crippen LogP contribution in [-0.2, 0) is 44.5 Å². The first-order valence-electron chi connectivity index (χ1n) is 23.6. The number of fused-ring (bicyclic) bond motifs is 2. The Hall–Kier alpha value is -5.60. The van der Waals surface area contributed by atoms with Gasteiger partial charge in [0.2, 0.25) is 0 Å². The molecular formula is C52H54Cl4F6N6O7. The Labute approximate surface area is 448 Å².